The minimum Gasteiger partial charge on any atom is -0.371 e. The van der Waals surface area contributed by atoms with Gasteiger partial charge in [0.15, 0.2) is 0 Å². The molecule has 1 aromatic carbocycles. The second-order valence-electron chi connectivity index (χ2n) is 7.70. The molecule has 3 heteroatoms. The molecule has 2 rings (SSSR count). The molecule has 0 fully saturated rings. The summed E-state index contributed by atoms with van der Waals surface area (Å²) < 4.78 is 13.7. The largest absolute Gasteiger partial charge is 0.371 e. The number of hydrogen-bond acceptors (Lipinski definition) is 2. The molecule has 0 saturated carbocycles. The molecule has 0 aliphatic carbocycles. The highest BCUT2D eigenvalue weighted by atomic mass is 19.1. The molecule has 0 bridgehead atoms. The van der Waals surface area contributed by atoms with Crippen LogP contribution in [0.25, 0.3) is 5.57 Å². The number of carbonyl (C=O) groups is 1. The smallest absolute Gasteiger partial charge is 0.143 e. The van der Waals surface area contributed by atoms with Crippen LogP contribution < -0.4 is 4.90 Å². The van der Waals surface area contributed by atoms with E-state index in [4.69, 9.17) is 0 Å². The van der Waals surface area contributed by atoms with Gasteiger partial charge in [-0.2, -0.15) is 0 Å². The summed E-state index contributed by atoms with van der Waals surface area (Å²) in [5.41, 5.74) is 5.06. The Morgan fingerprint density at radius 1 is 1.38 bits per heavy atom. The highest BCUT2D eigenvalue weighted by molar-refractivity contribution is 5.88. The number of benzene rings is 1. The van der Waals surface area contributed by atoms with E-state index in [0.717, 1.165) is 37.2 Å². The van der Waals surface area contributed by atoms with E-state index in [1.54, 1.807) is 0 Å². The lowest BCUT2D eigenvalue weighted by Gasteiger charge is -2.42. The Morgan fingerprint density at radius 3 is 2.62 bits per heavy atom. The summed E-state index contributed by atoms with van der Waals surface area (Å²) in [6.45, 7) is 12.3. The topological polar surface area (TPSA) is 20.3 Å². The number of fused-ring (bicyclic) bond motifs is 1. The molecule has 0 spiro atoms. The number of rotatable bonds is 6. The number of halogens is 1. The van der Waals surface area contributed by atoms with Gasteiger partial charge in [-0.1, -0.05) is 40.7 Å². The number of hydrogen-bond donors (Lipinski definition) is 0. The predicted molar refractivity (Wildman–Crippen MR) is 101 cm³/mol. The van der Waals surface area contributed by atoms with Crippen LogP contribution in [0.3, 0.4) is 0 Å². The van der Waals surface area contributed by atoms with Crippen LogP contribution in [-0.2, 0) is 10.2 Å². The first-order chi connectivity index (χ1) is 11.4. The van der Waals surface area contributed by atoms with Crippen LogP contribution in [0.5, 0.6) is 0 Å². The maximum Gasteiger partial charge on any atom is 0.143 e. The quantitative estimate of drug-likeness (QED) is 0.523. The summed E-state index contributed by atoms with van der Waals surface area (Å²) in [5, 5.41) is 0. The van der Waals surface area contributed by atoms with E-state index in [1.807, 2.05) is 0 Å². The zero-order chi connectivity index (χ0) is 17.9. The fourth-order valence-corrected chi connectivity index (χ4v) is 3.53. The van der Waals surface area contributed by atoms with Gasteiger partial charge in [-0.15, -0.1) is 0 Å². The standard InChI is InChI=1S/C21H30FNO/c1-6-9-23-10-8-21(4,5)19-13-17(15(2)3)12-18(20(19)23)16(14-22)7-11-24/h7,11-13,15H,6,8-10,14H2,1-5H3. The zero-order valence-corrected chi connectivity index (χ0v) is 15.7. The summed E-state index contributed by atoms with van der Waals surface area (Å²) in [5.74, 6) is 0.364. The number of allylic oxidation sites excluding steroid dienone is 2. The summed E-state index contributed by atoms with van der Waals surface area (Å²) in [6, 6.07) is 4.38. The number of anilines is 1. The van der Waals surface area contributed by atoms with Gasteiger partial charge in [0.1, 0.15) is 13.0 Å². The van der Waals surface area contributed by atoms with Crippen LogP contribution >= 0.6 is 0 Å². The van der Waals surface area contributed by atoms with E-state index >= 15 is 0 Å². The van der Waals surface area contributed by atoms with Gasteiger partial charge in [0.05, 0.1) is 0 Å². The van der Waals surface area contributed by atoms with Crippen LogP contribution in [0.15, 0.2) is 18.2 Å². The Bertz CT molecular complexity index is 631. The van der Waals surface area contributed by atoms with Crippen molar-refractivity contribution in [2.24, 2.45) is 0 Å². The molecule has 0 saturated heterocycles. The summed E-state index contributed by atoms with van der Waals surface area (Å²) in [6.07, 6.45) is 4.21. The molecule has 0 aromatic heterocycles. The minimum absolute atomic E-state index is 0.0574. The van der Waals surface area contributed by atoms with Crippen LogP contribution in [0.4, 0.5) is 10.1 Å². The normalized spacial score (nSPS) is 17.1. The fourth-order valence-electron chi connectivity index (χ4n) is 3.53. The number of carbonyl (C=O) groups excluding carboxylic acids is 1. The van der Waals surface area contributed by atoms with Crippen molar-refractivity contribution >= 4 is 17.5 Å². The van der Waals surface area contributed by atoms with E-state index < -0.39 is 6.67 Å². The molecule has 1 aliphatic rings. The number of alkyl halides is 1. The molecule has 2 nitrogen and oxygen atoms in total. The van der Waals surface area contributed by atoms with E-state index in [9.17, 15) is 9.18 Å². The van der Waals surface area contributed by atoms with Gasteiger partial charge in [-0.3, -0.25) is 4.79 Å². The van der Waals surface area contributed by atoms with E-state index in [-0.39, 0.29) is 5.41 Å². The molecule has 1 aromatic rings. The zero-order valence-electron chi connectivity index (χ0n) is 15.7. The Kier molecular flexibility index (Phi) is 5.84. The first kappa shape index (κ1) is 18.7. The molecule has 24 heavy (non-hydrogen) atoms. The van der Waals surface area contributed by atoms with E-state index in [2.05, 4.69) is 51.7 Å². The van der Waals surface area contributed by atoms with E-state index in [0.29, 0.717) is 17.8 Å². The lowest BCUT2D eigenvalue weighted by molar-refractivity contribution is -0.104. The van der Waals surface area contributed by atoms with Crippen molar-refractivity contribution in [3.63, 3.8) is 0 Å². The highest BCUT2D eigenvalue weighted by Gasteiger charge is 2.33. The Morgan fingerprint density at radius 2 is 2.08 bits per heavy atom. The van der Waals surface area contributed by atoms with Crippen molar-refractivity contribution in [2.45, 2.75) is 58.8 Å². The Hall–Kier alpha value is -1.64. The average molecular weight is 331 g/mol. The van der Waals surface area contributed by atoms with Gasteiger partial charge < -0.3 is 4.90 Å². The van der Waals surface area contributed by atoms with Crippen LogP contribution in [-0.4, -0.2) is 26.1 Å². The van der Waals surface area contributed by atoms with Crippen LogP contribution in [0, 0.1) is 0 Å². The lowest BCUT2D eigenvalue weighted by atomic mass is 9.74. The summed E-state index contributed by atoms with van der Waals surface area (Å²) in [7, 11) is 0. The van der Waals surface area contributed by atoms with Gasteiger partial charge in [0.25, 0.3) is 0 Å². The lowest BCUT2D eigenvalue weighted by Crippen LogP contribution is -2.38. The average Bonchev–Trinajstić information content (AvgIpc) is 2.54. The van der Waals surface area contributed by atoms with Gasteiger partial charge in [0, 0.05) is 24.3 Å². The highest BCUT2D eigenvalue weighted by Crippen LogP contribution is 2.45. The van der Waals surface area contributed by atoms with Gasteiger partial charge in [-0.05, 0) is 53.0 Å². The molecule has 0 atom stereocenters. The molecular weight excluding hydrogens is 301 g/mol. The van der Waals surface area contributed by atoms with Crippen molar-refractivity contribution in [3.8, 4) is 0 Å². The predicted octanol–water partition coefficient (Wildman–Crippen LogP) is 5.26. The molecule has 0 N–H and O–H groups in total. The second-order valence-corrected chi connectivity index (χ2v) is 7.70. The molecule has 0 radical (unpaired) electrons. The minimum atomic E-state index is -0.618. The first-order valence-corrected chi connectivity index (χ1v) is 8.99. The molecule has 0 unspecified atom stereocenters. The van der Waals surface area contributed by atoms with Crippen LogP contribution in [0.1, 0.15) is 70.1 Å². The van der Waals surface area contributed by atoms with E-state index in [1.165, 1.54) is 17.2 Å². The monoisotopic (exact) mass is 331 g/mol. The molecule has 132 valence electrons. The van der Waals surface area contributed by atoms with Crippen molar-refractivity contribution in [2.75, 3.05) is 24.7 Å². The van der Waals surface area contributed by atoms with Gasteiger partial charge in [0.2, 0.25) is 0 Å². The fraction of sp³-hybridized carbons (Fsp3) is 0.571. The molecule has 1 heterocycles. The van der Waals surface area contributed by atoms with Gasteiger partial charge in [-0.25, -0.2) is 4.39 Å². The van der Waals surface area contributed by atoms with Crippen molar-refractivity contribution in [1.82, 2.24) is 0 Å². The molecular formula is C21H30FNO. The SMILES string of the molecule is CCCN1CCC(C)(C)c2cc(C(C)C)cc(C(=CC=O)CF)c21. The number of nitrogens with zero attached hydrogens (tertiary/aromatic N) is 1. The van der Waals surface area contributed by atoms with Crippen molar-refractivity contribution in [3.05, 3.63) is 34.9 Å². The maximum atomic E-state index is 13.7. The van der Waals surface area contributed by atoms with Crippen LogP contribution in [0.2, 0.25) is 0 Å². The Labute approximate surface area is 145 Å². The molecule has 1 aliphatic heterocycles. The third kappa shape index (κ3) is 3.55. The Balaban J connectivity index is 2.78. The van der Waals surface area contributed by atoms with Crippen molar-refractivity contribution < 1.29 is 9.18 Å². The maximum absolute atomic E-state index is 13.7. The second kappa shape index (κ2) is 7.50. The summed E-state index contributed by atoms with van der Waals surface area (Å²) >= 11 is 0. The first-order valence-electron chi connectivity index (χ1n) is 8.99. The third-order valence-electron chi connectivity index (χ3n) is 5.10. The third-order valence-corrected chi connectivity index (χ3v) is 5.10. The van der Waals surface area contributed by atoms with Gasteiger partial charge >= 0.3 is 0 Å². The summed E-state index contributed by atoms with van der Waals surface area (Å²) in [4.78, 5) is 13.4. The number of aldehydes is 1. The van der Waals surface area contributed by atoms with Crippen molar-refractivity contribution in [1.29, 1.82) is 0 Å². The molecule has 0 amide bonds.